The van der Waals surface area contributed by atoms with Gasteiger partial charge in [0, 0.05) is 4.43 Å². The Balaban J connectivity index is 2.54. The molecule has 0 aromatic heterocycles. The van der Waals surface area contributed by atoms with Crippen molar-refractivity contribution in [3.63, 3.8) is 0 Å². The largest absolute Gasteiger partial charge is 0.497 e. The summed E-state index contributed by atoms with van der Waals surface area (Å²) in [6.07, 6.45) is 1.47. The Morgan fingerprint density at radius 3 is 2.21 bits per heavy atom. The summed E-state index contributed by atoms with van der Waals surface area (Å²) in [5, 5.41) is 0. The standard InChI is InChI=1S/C16H25IO2/c1-12(2)9-16(13(3)10-17)19-11-14-5-7-15(18-4)8-6-14/h5-8,12-13,16H,9-11H2,1-4H3/t13-,16-/m1/s1. The Hall–Kier alpha value is -0.290. The molecule has 0 radical (unpaired) electrons. The maximum atomic E-state index is 6.12. The molecular formula is C16H25IO2. The molecule has 3 heteroatoms. The predicted molar refractivity (Wildman–Crippen MR) is 89.1 cm³/mol. The summed E-state index contributed by atoms with van der Waals surface area (Å²) < 4.78 is 12.4. The Bertz CT molecular complexity index is 348. The summed E-state index contributed by atoms with van der Waals surface area (Å²) in [6, 6.07) is 8.11. The van der Waals surface area contributed by atoms with E-state index >= 15 is 0 Å². The average Bonchev–Trinajstić information content (AvgIpc) is 2.42. The molecule has 2 nitrogen and oxygen atoms in total. The minimum atomic E-state index is 0.346. The van der Waals surface area contributed by atoms with Gasteiger partial charge in [-0.1, -0.05) is 55.5 Å². The molecule has 0 N–H and O–H groups in total. The lowest BCUT2D eigenvalue weighted by Gasteiger charge is -2.24. The van der Waals surface area contributed by atoms with E-state index in [0.717, 1.165) is 16.6 Å². The molecule has 0 unspecified atom stereocenters. The second-order valence-electron chi connectivity index (χ2n) is 5.46. The fourth-order valence-corrected chi connectivity index (χ4v) is 2.52. The van der Waals surface area contributed by atoms with E-state index in [1.54, 1.807) is 7.11 Å². The Kier molecular flexibility index (Phi) is 7.76. The van der Waals surface area contributed by atoms with E-state index in [0.29, 0.717) is 24.5 Å². The van der Waals surface area contributed by atoms with Gasteiger partial charge in [-0.3, -0.25) is 0 Å². The molecule has 2 atom stereocenters. The third-order valence-electron chi connectivity index (χ3n) is 3.20. The molecule has 0 bridgehead atoms. The van der Waals surface area contributed by atoms with E-state index in [2.05, 4.69) is 55.5 Å². The van der Waals surface area contributed by atoms with Gasteiger partial charge in [0.1, 0.15) is 5.75 Å². The normalized spacial score (nSPS) is 14.4. The van der Waals surface area contributed by atoms with E-state index in [-0.39, 0.29) is 0 Å². The summed E-state index contributed by atoms with van der Waals surface area (Å²) in [5.41, 5.74) is 1.20. The second-order valence-corrected chi connectivity index (χ2v) is 6.34. The van der Waals surface area contributed by atoms with Crippen LogP contribution in [0.15, 0.2) is 24.3 Å². The van der Waals surface area contributed by atoms with E-state index in [1.165, 1.54) is 5.56 Å². The number of alkyl halides is 1. The third-order valence-corrected chi connectivity index (χ3v) is 4.59. The number of hydrogen-bond acceptors (Lipinski definition) is 2. The first-order valence-electron chi connectivity index (χ1n) is 6.87. The van der Waals surface area contributed by atoms with E-state index in [1.807, 2.05) is 12.1 Å². The minimum absolute atomic E-state index is 0.346. The number of hydrogen-bond donors (Lipinski definition) is 0. The first-order valence-corrected chi connectivity index (χ1v) is 8.39. The van der Waals surface area contributed by atoms with Crippen LogP contribution in [0.2, 0.25) is 0 Å². The zero-order valence-corrected chi connectivity index (χ0v) is 14.5. The van der Waals surface area contributed by atoms with Gasteiger partial charge in [-0.25, -0.2) is 0 Å². The van der Waals surface area contributed by atoms with Crippen molar-refractivity contribution in [3.05, 3.63) is 29.8 Å². The highest BCUT2D eigenvalue weighted by molar-refractivity contribution is 14.1. The molecule has 0 heterocycles. The van der Waals surface area contributed by atoms with Crippen molar-refractivity contribution < 1.29 is 9.47 Å². The molecule has 1 aromatic carbocycles. The van der Waals surface area contributed by atoms with Crippen molar-refractivity contribution in [2.24, 2.45) is 11.8 Å². The number of rotatable bonds is 8. The molecule has 0 aliphatic rings. The Labute approximate surface area is 131 Å². The van der Waals surface area contributed by atoms with Gasteiger partial charge in [0.2, 0.25) is 0 Å². The van der Waals surface area contributed by atoms with Gasteiger partial charge in [-0.15, -0.1) is 0 Å². The molecule has 0 amide bonds. The Morgan fingerprint density at radius 1 is 1.11 bits per heavy atom. The zero-order valence-electron chi connectivity index (χ0n) is 12.4. The molecular weight excluding hydrogens is 351 g/mol. The van der Waals surface area contributed by atoms with Gasteiger partial charge in [0.25, 0.3) is 0 Å². The fourth-order valence-electron chi connectivity index (χ4n) is 1.95. The van der Waals surface area contributed by atoms with Crippen molar-refractivity contribution in [3.8, 4) is 5.75 Å². The monoisotopic (exact) mass is 376 g/mol. The molecule has 19 heavy (non-hydrogen) atoms. The van der Waals surface area contributed by atoms with Crippen molar-refractivity contribution in [1.29, 1.82) is 0 Å². The van der Waals surface area contributed by atoms with Crippen LogP contribution in [0.25, 0.3) is 0 Å². The first kappa shape index (κ1) is 16.8. The van der Waals surface area contributed by atoms with E-state index in [9.17, 15) is 0 Å². The summed E-state index contributed by atoms with van der Waals surface area (Å²) in [7, 11) is 1.69. The zero-order chi connectivity index (χ0) is 14.3. The lowest BCUT2D eigenvalue weighted by Crippen LogP contribution is -2.24. The predicted octanol–water partition coefficient (Wildman–Crippen LogP) is 4.70. The summed E-state index contributed by atoms with van der Waals surface area (Å²) >= 11 is 2.44. The number of methoxy groups -OCH3 is 1. The maximum absolute atomic E-state index is 6.12. The summed E-state index contributed by atoms with van der Waals surface area (Å²) in [5.74, 6) is 2.16. The highest BCUT2D eigenvalue weighted by Crippen LogP contribution is 2.21. The molecule has 0 saturated carbocycles. The number of halogens is 1. The molecule has 0 fully saturated rings. The van der Waals surface area contributed by atoms with E-state index in [4.69, 9.17) is 9.47 Å². The topological polar surface area (TPSA) is 18.5 Å². The van der Waals surface area contributed by atoms with Gasteiger partial charge in [0.05, 0.1) is 19.8 Å². The van der Waals surface area contributed by atoms with Crippen molar-refractivity contribution >= 4 is 22.6 Å². The van der Waals surface area contributed by atoms with Crippen LogP contribution in [0.3, 0.4) is 0 Å². The molecule has 108 valence electrons. The van der Waals surface area contributed by atoms with E-state index < -0.39 is 0 Å². The van der Waals surface area contributed by atoms with Crippen molar-refractivity contribution in [1.82, 2.24) is 0 Å². The molecule has 1 rings (SSSR count). The summed E-state index contributed by atoms with van der Waals surface area (Å²) in [4.78, 5) is 0. The quantitative estimate of drug-likeness (QED) is 0.484. The third kappa shape index (κ3) is 6.13. The Morgan fingerprint density at radius 2 is 1.74 bits per heavy atom. The smallest absolute Gasteiger partial charge is 0.118 e. The van der Waals surface area contributed by atoms with Crippen molar-refractivity contribution in [2.45, 2.75) is 39.9 Å². The van der Waals surface area contributed by atoms with Gasteiger partial charge < -0.3 is 9.47 Å². The van der Waals surface area contributed by atoms with Crippen LogP contribution in [0.4, 0.5) is 0 Å². The fraction of sp³-hybridized carbons (Fsp3) is 0.625. The van der Waals surface area contributed by atoms with Crippen LogP contribution in [0.1, 0.15) is 32.8 Å². The molecule has 0 spiro atoms. The van der Waals surface area contributed by atoms with Gasteiger partial charge in [-0.2, -0.15) is 0 Å². The van der Waals surface area contributed by atoms with Crippen LogP contribution < -0.4 is 4.74 Å². The highest BCUT2D eigenvalue weighted by atomic mass is 127. The minimum Gasteiger partial charge on any atom is -0.497 e. The SMILES string of the molecule is COc1ccc(CO[C@H](CC(C)C)[C@H](C)CI)cc1. The first-order chi connectivity index (χ1) is 9.06. The van der Waals surface area contributed by atoms with Crippen molar-refractivity contribution in [2.75, 3.05) is 11.5 Å². The number of ether oxygens (including phenoxy) is 2. The second kappa shape index (κ2) is 8.80. The van der Waals surface area contributed by atoms with Gasteiger partial charge in [-0.05, 0) is 36.0 Å². The highest BCUT2D eigenvalue weighted by Gasteiger charge is 2.18. The van der Waals surface area contributed by atoms with Crippen LogP contribution in [-0.4, -0.2) is 17.6 Å². The maximum Gasteiger partial charge on any atom is 0.118 e. The van der Waals surface area contributed by atoms with Crippen LogP contribution in [-0.2, 0) is 11.3 Å². The molecule has 1 aromatic rings. The van der Waals surface area contributed by atoms with Crippen LogP contribution >= 0.6 is 22.6 Å². The molecule has 0 aliphatic carbocycles. The average molecular weight is 376 g/mol. The van der Waals surface area contributed by atoms with Gasteiger partial charge in [0.15, 0.2) is 0 Å². The molecule has 0 aliphatic heterocycles. The lowest BCUT2D eigenvalue weighted by molar-refractivity contribution is -0.000214. The van der Waals surface area contributed by atoms with Crippen LogP contribution in [0.5, 0.6) is 5.75 Å². The summed E-state index contributed by atoms with van der Waals surface area (Å²) in [6.45, 7) is 7.46. The lowest BCUT2D eigenvalue weighted by atomic mass is 9.97. The van der Waals surface area contributed by atoms with Gasteiger partial charge >= 0.3 is 0 Å². The van der Waals surface area contributed by atoms with Crippen LogP contribution in [0, 0.1) is 11.8 Å². The molecule has 0 saturated heterocycles. The number of benzene rings is 1.